The first-order valence-electron chi connectivity index (χ1n) is 9.02. The number of carboxylic acids is 1. The van der Waals surface area contributed by atoms with Crippen LogP contribution in [0.3, 0.4) is 0 Å². The molecule has 0 aliphatic carbocycles. The van der Waals surface area contributed by atoms with E-state index in [0.717, 1.165) is 11.1 Å². The number of rotatable bonds is 7. The fourth-order valence-electron chi connectivity index (χ4n) is 2.89. The highest BCUT2D eigenvalue weighted by molar-refractivity contribution is 5.83. The van der Waals surface area contributed by atoms with Crippen LogP contribution in [0.4, 0.5) is 10.3 Å². The minimum absolute atomic E-state index is 0.0631. The molecule has 0 radical (unpaired) electrons. The van der Waals surface area contributed by atoms with Gasteiger partial charge in [-0.3, -0.25) is 4.79 Å². The lowest BCUT2D eigenvalue weighted by atomic mass is 9.94. The van der Waals surface area contributed by atoms with E-state index in [1.807, 2.05) is 30.3 Å². The van der Waals surface area contributed by atoms with Gasteiger partial charge in [-0.05, 0) is 29.5 Å². The molecule has 7 nitrogen and oxygen atoms in total. The fraction of sp³-hybridized carbons (Fsp3) is 0.190. The van der Waals surface area contributed by atoms with Gasteiger partial charge in [0.1, 0.15) is 12.4 Å². The number of hydrogen-bond acceptors (Lipinski definition) is 4. The molecule has 1 heterocycles. The molecule has 8 heteroatoms. The Balaban J connectivity index is 1.64. The van der Waals surface area contributed by atoms with Crippen molar-refractivity contribution in [3.63, 3.8) is 0 Å². The van der Waals surface area contributed by atoms with Gasteiger partial charge in [0.05, 0.1) is 5.69 Å². The van der Waals surface area contributed by atoms with E-state index in [4.69, 9.17) is 15.4 Å². The van der Waals surface area contributed by atoms with E-state index in [0.29, 0.717) is 17.7 Å². The van der Waals surface area contributed by atoms with Gasteiger partial charge in [0, 0.05) is 11.6 Å². The third-order valence-corrected chi connectivity index (χ3v) is 4.38. The van der Waals surface area contributed by atoms with Gasteiger partial charge in [-0.1, -0.05) is 54.5 Å². The molecule has 0 amide bonds. The van der Waals surface area contributed by atoms with Gasteiger partial charge in [0.25, 0.3) is 5.88 Å². The normalized spacial score (nSPS) is 12.6. The number of carboxylic acid groups (broad SMARTS) is 1. The van der Waals surface area contributed by atoms with Crippen LogP contribution in [0.1, 0.15) is 24.1 Å². The molecule has 4 N–H and O–H groups in total. The molecule has 0 spiro atoms. The van der Waals surface area contributed by atoms with E-state index in [1.54, 1.807) is 18.2 Å². The smallest absolute Gasteiger partial charge is 0.322 e. The van der Waals surface area contributed by atoms with Crippen LogP contribution in [-0.2, 0) is 11.2 Å². The minimum Gasteiger partial charge on any atom is -0.480 e. The summed E-state index contributed by atoms with van der Waals surface area (Å²) in [5.74, 6) is -1.02. The second-order valence-corrected chi connectivity index (χ2v) is 6.61. The van der Waals surface area contributed by atoms with Crippen LogP contribution in [0.25, 0.3) is 11.1 Å². The Hall–Kier alpha value is -3.68. The van der Waals surface area contributed by atoms with Crippen molar-refractivity contribution in [2.24, 2.45) is 10.7 Å². The van der Waals surface area contributed by atoms with Crippen molar-refractivity contribution in [1.82, 2.24) is 10.5 Å². The van der Waals surface area contributed by atoms with Crippen LogP contribution in [0.2, 0.25) is 0 Å². The van der Waals surface area contributed by atoms with Crippen LogP contribution in [0, 0.1) is 5.82 Å². The maximum Gasteiger partial charge on any atom is 0.322 e. The monoisotopic (exact) mass is 396 g/mol. The van der Waals surface area contributed by atoms with Gasteiger partial charge in [-0.15, -0.1) is 0 Å². The maximum atomic E-state index is 13.9. The summed E-state index contributed by atoms with van der Waals surface area (Å²) in [6, 6.07) is 16.1. The largest absolute Gasteiger partial charge is 0.480 e. The zero-order valence-corrected chi connectivity index (χ0v) is 15.8. The Kier molecular flexibility index (Phi) is 6.23. The standard InChI is InChI=1S/C21H21FN4O3/c1-13(10-16-11-19(29-26-16)25-21(23)24-12-20(27)28)14-6-8-15(9-7-14)17-4-2-3-5-18(17)22/h2-9,11,13H,10,12H2,1H3,(H,27,28)(H3,23,24,25). The van der Waals surface area contributed by atoms with Gasteiger partial charge in [-0.25, -0.2) is 4.39 Å². The number of nitrogens with two attached hydrogens (primary N) is 1. The first-order chi connectivity index (χ1) is 13.9. The van der Waals surface area contributed by atoms with E-state index < -0.39 is 5.97 Å². The fourth-order valence-corrected chi connectivity index (χ4v) is 2.89. The van der Waals surface area contributed by atoms with Crippen LogP contribution >= 0.6 is 0 Å². The average molecular weight is 396 g/mol. The van der Waals surface area contributed by atoms with Crippen LogP contribution in [0.5, 0.6) is 0 Å². The van der Waals surface area contributed by atoms with Crippen molar-refractivity contribution < 1.29 is 18.8 Å². The first-order valence-corrected chi connectivity index (χ1v) is 9.02. The molecule has 3 rings (SSSR count). The van der Waals surface area contributed by atoms with Crippen LogP contribution < -0.4 is 11.1 Å². The molecule has 3 aromatic rings. The number of aliphatic imine (C=N–C) groups is 1. The van der Waals surface area contributed by atoms with Gasteiger partial charge < -0.3 is 20.7 Å². The molecular formula is C21H21FN4O3. The number of carbonyl (C=O) groups is 1. The molecule has 0 saturated heterocycles. The Bertz CT molecular complexity index is 1010. The molecule has 0 fully saturated rings. The molecule has 0 aliphatic rings. The molecule has 0 aliphatic heterocycles. The molecular weight excluding hydrogens is 375 g/mol. The van der Waals surface area contributed by atoms with Crippen LogP contribution in [0.15, 0.2) is 64.1 Å². The average Bonchev–Trinajstić information content (AvgIpc) is 3.13. The summed E-state index contributed by atoms with van der Waals surface area (Å²) < 4.78 is 19.1. The van der Waals surface area contributed by atoms with Crippen molar-refractivity contribution in [1.29, 1.82) is 0 Å². The Morgan fingerprint density at radius 2 is 2.00 bits per heavy atom. The van der Waals surface area contributed by atoms with E-state index in [1.165, 1.54) is 6.07 Å². The zero-order chi connectivity index (χ0) is 20.8. The highest BCUT2D eigenvalue weighted by Crippen LogP contribution is 2.27. The molecule has 29 heavy (non-hydrogen) atoms. The second-order valence-electron chi connectivity index (χ2n) is 6.61. The van der Waals surface area contributed by atoms with Crippen molar-refractivity contribution in [2.75, 3.05) is 6.54 Å². The SMILES string of the molecule is CC(Cc1cc(N=C(N)NCC(=O)O)on1)c1ccc(-c2ccccc2F)cc1. The van der Waals surface area contributed by atoms with Crippen molar-refractivity contribution in [3.8, 4) is 11.1 Å². The molecule has 0 bridgehead atoms. The number of aromatic nitrogens is 1. The Labute approximate surface area is 167 Å². The minimum atomic E-state index is -1.05. The quantitative estimate of drug-likeness (QED) is 0.416. The molecule has 2 aromatic carbocycles. The lowest BCUT2D eigenvalue weighted by Gasteiger charge is -2.11. The summed E-state index contributed by atoms with van der Waals surface area (Å²) in [7, 11) is 0. The first kappa shape index (κ1) is 20.1. The summed E-state index contributed by atoms with van der Waals surface area (Å²) in [5, 5.41) is 15.0. The van der Waals surface area contributed by atoms with Gasteiger partial charge >= 0.3 is 5.97 Å². The summed E-state index contributed by atoms with van der Waals surface area (Å²) in [4.78, 5) is 14.4. The summed E-state index contributed by atoms with van der Waals surface area (Å²) in [6.45, 7) is 1.72. The van der Waals surface area contributed by atoms with E-state index in [-0.39, 0.29) is 30.1 Å². The number of halogens is 1. The third kappa shape index (κ3) is 5.41. The van der Waals surface area contributed by atoms with Gasteiger partial charge in [0.15, 0.2) is 5.96 Å². The molecule has 150 valence electrons. The van der Waals surface area contributed by atoms with Crippen molar-refractivity contribution >= 4 is 17.8 Å². The lowest BCUT2D eigenvalue weighted by Crippen LogP contribution is -2.35. The van der Waals surface area contributed by atoms with Gasteiger partial charge in [-0.2, -0.15) is 4.99 Å². The van der Waals surface area contributed by atoms with Crippen molar-refractivity contribution in [2.45, 2.75) is 19.3 Å². The van der Waals surface area contributed by atoms with Gasteiger partial charge in [0.2, 0.25) is 0 Å². The maximum absolute atomic E-state index is 13.9. The Morgan fingerprint density at radius 3 is 2.69 bits per heavy atom. The topological polar surface area (TPSA) is 114 Å². The third-order valence-electron chi connectivity index (χ3n) is 4.38. The second kappa shape index (κ2) is 9.01. The van der Waals surface area contributed by atoms with Crippen molar-refractivity contribution in [3.05, 3.63) is 71.7 Å². The number of hydrogen-bond donors (Lipinski definition) is 3. The Morgan fingerprint density at radius 1 is 1.28 bits per heavy atom. The lowest BCUT2D eigenvalue weighted by molar-refractivity contribution is -0.135. The zero-order valence-electron chi connectivity index (χ0n) is 15.8. The summed E-state index contributed by atoms with van der Waals surface area (Å²) >= 11 is 0. The van der Waals surface area contributed by atoms with E-state index in [9.17, 15) is 9.18 Å². The predicted molar refractivity (Wildman–Crippen MR) is 107 cm³/mol. The number of nitrogens with zero attached hydrogens (tertiary/aromatic N) is 2. The summed E-state index contributed by atoms with van der Waals surface area (Å²) in [6.07, 6.45) is 0.612. The molecule has 1 unspecified atom stereocenters. The number of nitrogens with one attached hydrogen (secondary N) is 1. The molecule has 0 saturated carbocycles. The molecule has 1 atom stereocenters. The number of aliphatic carboxylic acids is 1. The van der Waals surface area contributed by atoms with E-state index >= 15 is 0 Å². The highest BCUT2D eigenvalue weighted by atomic mass is 19.1. The van der Waals surface area contributed by atoms with E-state index in [2.05, 4.69) is 22.4 Å². The highest BCUT2D eigenvalue weighted by Gasteiger charge is 2.12. The van der Waals surface area contributed by atoms with Crippen LogP contribution in [-0.4, -0.2) is 28.7 Å². The predicted octanol–water partition coefficient (Wildman–Crippen LogP) is 3.45. The summed E-state index contributed by atoms with van der Waals surface area (Å²) in [5.41, 5.74) is 8.76. The molecule has 1 aromatic heterocycles. The number of benzene rings is 2. The number of guanidine groups is 1.